The number of aryl methyl sites for hydroxylation is 2. The van der Waals surface area contributed by atoms with Crippen LogP contribution in [0.5, 0.6) is 0 Å². The number of carbonyl (C=O) groups excluding carboxylic acids is 1. The molecule has 0 saturated carbocycles. The van der Waals surface area contributed by atoms with Gasteiger partial charge in [-0.05, 0) is 52.2 Å². The number of hydrogen-bond donors (Lipinski definition) is 1. The Kier molecular flexibility index (Phi) is 6.22. The molecule has 0 fully saturated rings. The highest BCUT2D eigenvalue weighted by molar-refractivity contribution is 8.00. The van der Waals surface area contributed by atoms with Gasteiger partial charge in [-0.25, -0.2) is 4.98 Å². The standard InChI is InChI=1S/C25H29N7O2S/c1-15-21(16(2)30(4)28-15)26-23(33)17(3)35-25-27-22-20(19-13-9-6-10-14-31(19)25)24(34)32(29-22)18-11-7-5-8-12-18/h5,7-8,11-12,17H,6,9-10,13-14H2,1-4H3,(H,26,33). The number of anilines is 1. The maximum Gasteiger partial charge on any atom is 0.284 e. The molecule has 1 amide bonds. The Morgan fingerprint density at radius 2 is 1.89 bits per heavy atom. The van der Waals surface area contributed by atoms with E-state index in [1.54, 1.807) is 4.68 Å². The molecule has 10 heteroatoms. The molecular formula is C25H29N7O2S. The largest absolute Gasteiger partial charge is 0.324 e. The van der Waals surface area contributed by atoms with Crippen LogP contribution in [0.15, 0.2) is 40.3 Å². The van der Waals surface area contributed by atoms with E-state index in [9.17, 15) is 9.59 Å². The Morgan fingerprint density at radius 3 is 2.60 bits per heavy atom. The summed E-state index contributed by atoms with van der Waals surface area (Å²) < 4.78 is 5.32. The fourth-order valence-electron chi connectivity index (χ4n) is 4.58. The lowest BCUT2D eigenvalue weighted by atomic mass is 10.1. The second kappa shape index (κ2) is 9.33. The number of fused-ring (bicyclic) bond motifs is 3. The molecule has 2 aromatic rings. The third-order valence-corrected chi connectivity index (χ3v) is 7.67. The average Bonchev–Trinajstić information content (AvgIpc) is 3.16. The van der Waals surface area contributed by atoms with Crippen molar-refractivity contribution in [3.05, 3.63) is 57.8 Å². The second-order valence-corrected chi connectivity index (χ2v) is 10.3. The van der Waals surface area contributed by atoms with Crippen molar-refractivity contribution in [3.8, 4) is 17.1 Å². The number of thioether (sulfide) groups is 1. The summed E-state index contributed by atoms with van der Waals surface area (Å²) in [5.74, 6) is 0.319. The van der Waals surface area contributed by atoms with E-state index in [0.717, 1.165) is 60.2 Å². The summed E-state index contributed by atoms with van der Waals surface area (Å²) in [6.45, 7) is 6.46. The molecule has 1 atom stereocenters. The molecule has 3 aliphatic rings. The number of rotatable bonds is 5. The van der Waals surface area contributed by atoms with Crippen molar-refractivity contribution in [1.29, 1.82) is 0 Å². The first kappa shape index (κ1) is 23.3. The highest BCUT2D eigenvalue weighted by Gasteiger charge is 2.29. The van der Waals surface area contributed by atoms with Crippen molar-refractivity contribution in [2.75, 3.05) is 5.32 Å². The number of para-hydroxylation sites is 1. The number of nitrogens with one attached hydrogen (secondary N) is 1. The van der Waals surface area contributed by atoms with Gasteiger partial charge in [-0.1, -0.05) is 36.4 Å². The van der Waals surface area contributed by atoms with Gasteiger partial charge >= 0.3 is 0 Å². The van der Waals surface area contributed by atoms with E-state index < -0.39 is 5.25 Å². The lowest BCUT2D eigenvalue weighted by Gasteiger charge is -2.19. The van der Waals surface area contributed by atoms with E-state index in [4.69, 9.17) is 4.98 Å². The molecule has 1 unspecified atom stereocenters. The van der Waals surface area contributed by atoms with Gasteiger partial charge in [0.05, 0.1) is 28.0 Å². The topological polar surface area (TPSA) is 99.6 Å². The number of aromatic nitrogens is 6. The Morgan fingerprint density at radius 1 is 1.11 bits per heavy atom. The van der Waals surface area contributed by atoms with E-state index >= 15 is 0 Å². The van der Waals surface area contributed by atoms with E-state index in [1.807, 2.05) is 58.2 Å². The minimum Gasteiger partial charge on any atom is -0.324 e. The van der Waals surface area contributed by atoms with Crippen molar-refractivity contribution >= 4 is 23.4 Å². The average molecular weight is 492 g/mol. The van der Waals surface area contributed by atoms with Crippen LogP contribution in [0.1, 0.15) is 43.3 Å². The van der Waals surface area contributed by atoms with Crippen LogP contribution in [0.25, 0.3) is 17.1 Å². The maximum absolute atomic E-state index is 13.4. The summed E-state index contributed by atoms with van der Waals surface area (Å²) in [6, 6.07) is 9.41. The highest BCUT2D eigenvalue weighted by atomic mass is 32.2. The quantitative estimate of drug-likeness (QED) is 0.337. The highest BCUT2D eigenvalue weighted by Crippen LogP contribution is 2.32. The number of amides is 1. The van der Waals surface area contributed by atoms with Gasteiger partial charge in [-0.15, -0.1) is 5.10 Å². The smallest absolute Gasteiger partial charge is 0.284 e. The summed E-state index contributed by atoms with van der Waals surface area (Å²) in [5, 5.41) is 12.3. The van der Waals surface area contributed by atoms with Gasteiger partial charge < -0.3 is 9.88 Å². The summed E-state index contributed by atoms with van der Waals surface area (Å²) in [6.07, 6.45) is 3.89. The third kappa shape index (κ3) is 4.27. The lowest BCUT2D eigenvalue weighted by molar-refractivity contribution is -0.115. The van der Waals surface area contributed by atoms with Crippen molar-refractivity contribution in [3.63, 3.8) is 0 Å². The van der Waals surface area contributed by atoms with Crippen molar-refractivity contribution in [2.24, 2.45) is 7.05 Å². The van der Waals surface area contributed by atoms with Crippen LogP contribution in [-0.2, 0) is 24.8 Å². The molecule has 3 aliphatic heterocycles. The molecule has 182 valence electrons. The van der Waals surface area contributed by atoms with Crippen LogP contribution in [0, 0.1) is 13.8 Å². The van der Waals surface area contributed by atoms with Crippen LogP contribution in [0.3, 0.4) is 0 Å². The predicted molar refractivity (Wildman–Crippen MR) is 136 cm³/mol. The molecule has 5 rings (SSSR count). The third-order valence-electron chi connectivity index (χ3n) is 6.58. The SMILES string of the molecule is Cc1nn(C)c(C)c1NC(=O)C(C)Sc1nc2nn(-c3ccccc3)c(=O)c-2c2n1CCCCC2. The van der Waals surface area contributed by atoms with E-state index in [-0.39, 0.29) is 11.5 Å². The van der Waals surface area contributed by atoms with Crippen LogP contribution in [0.4, 0.5) is 5.69 Å². The molecule has 1 aromatic carbocycles. The molecule has 0 saturated heterocycles. The molecule has 1 N–H and O–H groups in total. The predicted octanol–water partition coefficient (Wildman–Crippen LogP) is 3.73. The van der Waals surface area contributed by atoms with Gasteiger partial charge in [0, 0.05) is 19.3 Å². The first-order valence-electron chi connectivity index (χ1n) is 11.9. The molecule has 4 heterocycles. The van der Waals surface area contributed by atoms with Gasteiger partial charge in [-0.3, -0.25) is 14.3 Å². The molecule has 9 nitrogen and oxygen atoms in total. The van der Waals surface area contributed by atoms with Gasteiger partial charge in [0.25, 0.3) is 5.56 Å². The number of nitrogens with zero attached hydrogens (tertiary/aromatic N) is 6. The van der Waals surface area contributed by atoms with E-state index in [2.05, 4.69) is 20.1 Å². The van der Waals surface area contributed by atoms with Crippen LogP contribution >= 0.6 is 11.8 Å². The van der Waals surface area contributed by atoms with Gasteiger partial charge in [0.1, 0.15) is 5.56 Å². The first-order valence-corrected chi connectivity index (χ1v) is 12.8. The Bertz CT molecular complexity index is 1420. The molecule has 0 bridgehead atoms. The fourth-order valence-corrected chi connectivity index (χ4v) is 5.53. The van der Waals surface area contributed by atoms with Gasteiger partial charge in [0.15, 0.2) is 11.0 Å². The number of benzene rings is 1. The minimum absolute atomic E-state index is 0.113. The fraction of sp³-hybridized carbons (Fsp3) is 0.400. The molecule has 35 heavy (non-hydrogen) atoms. The zero-order valence-corrected chi connectivity index (χ0v) is 21.2. The minimum atomic E-state index is -0.401. The molecule has 0 aliphatic carbocycles. The Labute approximate surface area is 207 Å². The zero-order chi connectivity index (χ0) is 24.7. The number of carbonyl (C=O) groups is 1. The molecular weight excluding hydrogens is 462 g/mol. The van der Waals surface area contributed by atoms with Crippen LogP contribution < -0.4 is 10.9 Å². The maximum atomic E-state index is 13.4. The monoisotopic (exact) mass is 491 g/mol. The van der Waals surface area contributed by atoms with E-state index in [1.165, 1.54) is 16.4 Å². The molecule has 0 radical (unpaired) electrons. The molecule has 1 aromatic heterocycles. The summed E-state index contributed by atoms with van der Waals surface area (Å²) in [5.41, 5.74) is 4.56. The second-order valence-electron chi connectivity index (χ2n) is 8.97. The van der Waals surface area contributed by atoms with Gasteiger partial charge in [0.2, 0.25) is 5.91 Å². The Hall–Kier alpha value is -3.40. The van der Waals surface area contributed by atoms with Crippen molar-refractivity contribution in [1.82, 2.24) is 29.1 Å². The summed E-state index contributed by atoms with van der Waals surface area (Å²) in [4.78, 5) is 31.3. The van der Waals surface area contributed by atoms with Crippen LogP contribution in [0.2, 0.25) is 0 Å². The summed E-state index contributed by atoms with van der Waals surface area (Å²) in [7, 11) is 1.86. The number of hydrogen-bond acceptors (Lipinski definition) is 6. The lowest BCUT2D eigenvalue weighted by Crippen LogP contribution is -2.25. The van der Waals surface area contributed by atoms with Crippen molar-refractivity contribution in [2.45, 2.75) is 63.4 Å². The van der Waals surface area contributed by atoms with Gasteiger partial charge in [-0.2, -0.15) is 9.78 Å². The zero-order valence-electron chi connectivity index (χ0n) is 20.4. The van der Waals surface area contributed by atoms with Crippen molar-refractivity contribution < 1.29 is 4.79 Å². The first-order chi connectivity index (χ1) is 16.8. The molecule has 0 spiro atoms. The summed E-state index contributed by atoms with van der Waals surface area (Å²) >= 11 is 1.40. The Balaban J connectivity index is 1.52. The van der Waals surface area contributed by atoms with E-state index in [0.29, 0.717) is 17.1 Å². The van der Waals surface area contributed by atoms with Crippen LogP contribution in [-0.4, -0.2) is 40.3 Å². The normalized spacial score (nSPS) is 14.5.